The van der Waals surface area contributed by atoms with E-state index in [1.165, 1.54) is 0 Å². The van der Waals surface area contributed by atoms with Gasteiger partial charge in [-0.2, -0.15) is 5.06 Å². The van der Waals surface area contributed by atoms with Crippen molar-refractivity contribution in [3.63, 3.8) is 0 Å². The standard InChI is InChI=1S/C7H14N2O3/c1-3-12-9-5-4-8(2)6(9)7(10)11/h6H,3-5H2,1-2H3,(H,10,11). The minimum atomic E-state index is -1.07. The Morgan fingerprint density at radius 2 is 2.50 bits per heavy atom. The molecule has 0 bridgehead atoms. The highest BCUT2D eigenvalue weighted by Crippen LogP contribution is 1.92. The van der Waals surface area contributed by atoms with Crippen molar-refractivity contribution >= 4 is 5.97 Å². The van der Waals surface area contributed by atoms with Gasteiger partial charge in [-0.05, 0) is 14.0 Å². The normalized spacial score (nSPS) is 30.8. The molecule has 1 N–H and O–H groups in total. The fourth-order valence-corrected chi connectivity index (χ4v) is 1.45. The van der Waals surface area contributed by atoms with Gasteiger partial charge in [-0.25, -0.2) is 9.74 Å². The summed E-state index contributed by atoms with van der Waals surface area (Å²) in [5, 5.41) is 11.3. The number of hydrogen-bond donors (Lipinski definition) is 1. The molecule has 0 saturated carbocycles. The summed E-state index contributed by atoms with van der Waals surface area (Å²) in [4.78, 5) is 17.6. The number of carboxylic acid groups (broad SMARTS) is 1. The molecule has 1 aliphatic heterocycles. The first-order valence-corrected chi connectivity index (χ1v) is 4.06. The molecule has 0 radical (unpaired) electrons. The number of carbonyl (C=O) groups is 1. The van der Waals surface area contributed by atoms with Crippen LogP contribution < -0.4 is 10.2 Å². The average Bonchev–Trinajstić information content (AvgIpc) is 2.32. The van der Waals surface area contributed by atoms with Crippen LogP contribution in [0.2, 0.25) is 0 Å². The lowest BCUT2D eigenvalue weighted by molar-refractivity contribution is -1.10. The van der Waals surface area contributed by atoms with E-state index < -0.39 is 12.1 Å². The molecule has 0 aromatic heterocycles. The SMILES string of the molecule is CCO[NH+]1CCN(C)C1C(=O)[O-]. The third kappa shape index (κ3) is 1.74. The Bertz CT molecular complexity index is 172. The van der Waals surface area contributed by atoms with Crippen molar-refractivity contribution in [2.75, 3.05) is 26.7 Å². The predicted molar refractivity (Wildman–Crippen MR) is 38.9 cm³/mol. The van der Waals surface area contributed by atoms with Crippen molar-refractivity contribution < 1.29 is 19.8 Å². The molecule has 5 nitrogen and oxygen atoms in total. The summed E-state index contributed by atoms with van der Waals surface area (Å²) in [5.74, 6) is -1.07. The maximum absolute atomic E-state index is 10.6. The van der Waals surface area contributed by atoms with Crippen molar-refractivity contribution in [2.24, 2.45) is 0 Å². The van der Waals surface area contributed by atoms with Crippen LogP contribution in [0.4, 0.5) is 0 Å². The summed E-state index contributed by atoms with van der Waals surface area (Å²) in [7, 11) is 1.76. The monoisotopic (exact) mass is 174 g/mol. The molecule has 1 heterocycles. The quantitative estimate of drug-likeness (QED) is 0.491. The van der Waals surface area contributed by atoms with Gasteiger partial charge in [0.1, 0.15) is 19.1 Å². The molecule has 1 aliphatic rings. The number of nitrogens with one attached hydrogen (secondary N) is 1. The average molecular weight is 174 g/mol. The van der Waals surface area contributed by atoms with E-state index in [0.717, 1.165) is 6.54 Å². The number of likely N-dealkylation sites (N-methyl/N-ethyl adjacent to an activating group) is 1. The number of nitrogens with zero attached hydrogens (tertiary/aromatic N) is 1. The molecular formula is C7H14N2O3. The van der Waals surface area contributed by atoms with Gasteiger partial charge in [0, 0.05) is 0 Å². The Balaban J connectivity index is 2.57. The van der Waals surface area contributed by atoms with Crippen molar-refractivity contribution in [3.05, 3.63) is 0 Å². The maximum atomic E-state index is 10.6. The zero-order chi connectivity index (χ0) is 9.14. The molecule has 5 heteroatoms. The molecule has 2 atom stereocenters. The highest BCUT2D eigenvalue weighted by Gasteiger charge is 2.35. The Kier molecular flexibility index (Phi) is 3.02. The van der Waals surface area contributed by atoms with Crippen LogP contribution in [-0.4, -0.2) is 43.8 Å². The van der Waals surface area contributed by atoms with E-state index in [1.807, 2.05) is 6.92 Å². The smallest absolute Gasteiger partial charge is 0.214 e. The molecule has 1 saturated heterocycles. The van der Waals surface area contributed by atoms with Crippen molar-refractivity contribution in [2.45, 2.75) is 13.1 Å². The number of carbonyl (C=O) groups excluding carboxylic acids is 1. The lowest BCUT2D eigenvalue weighted by Gasteiger charge is -2.22. The Labute approximate surface area is 71.5 Å². The summed E-state index contributed by atoms with van der Waals surface area (Å²) in [6.07, 6.45) is -0.648. The maximum Gasteiger partial charge on any atom is 0.214 e. The highest BCUT2D eigenvalue weighted by molar-refractivity contribution is 5.69. The van der Waals surface area contributed by atoms with Gasteiger partial charge in [0.25, 0.3) is 0 Å². The lowest BCUT2D eigenvalue weighted by atomic mass is 10.5. The first kappa shape index (κ1) is 9.44. The van der Waals surface area contributed by atoms with Crippen molar-refractivity contribution in [3.8, 4) is 0 Å². The van der Waals surface area contributed by atoms with Crippen LogP contribution >= 0.6 is 0 Å². The van der Waals surface area contributed by atoms with Crippen LogP contribution in [-0.2, 0) is 9.63 Å². The Hall–Kier alpha value is -0.650. The summed E-state index contributed by atoms with van der Waals surface area (Å²) in [5.41, 5.74) is 0. The third-order valence-corrected chi connectivity index (χ3v) is 2.01. The number of rotatable bonds is 3. The van der Waals surface area contributed by atoms with Crippen LogP contribution in [0.25, 0.3) is 0 Å². The fourth-order valence-electron chi connectivity index (χ4n) is 1.45. The fraction of sp³-hybridized carbons (Fsp3) is 0.857. The molecule has 1 rings (SSSR count). The molecule has 2 unspecified atom stereocenters. The van der Waals surface area contributed by atoms with Gasteiger partial charge >= 0.3 is 0 Å². The van der Waals surface area contributed by atoms with E-state index in [4.69, 9.17) is 4.84 Å². The molecule has 1 fully saturated rings. The highest BCUT2D eigenvalue weighted by atomic mass is 16.7. The van der Waals surface area contributed by atoms with E-state index in [9.17, 15) is 9.90 Å². The zero-order valence-electron chi connectivity index (χ0n) is 7.37. The number of hydroxylamine groups is 2. The second kappa shape index (κ2) is 3.84. The Morgan fingerprint density at radius 1 is 1.83 bits per heavy atom. The molecule has 0 spiro atoms. The van der Waals surface area contributed by atoms with Gasteiger partial charge in [-0.1, -0.05) is 0 Å². The number of quaternary nitrogens is 1. The molecule has 70 valence electrons. The second-order valence-corrected chi connectivity index (χ2v) is 2.85. The molecule has 12 heavy (non-hydrogen) atoms. The third-order valence-electron chi connectivity index (χ3n) is 2.01. The Morgan fingerprint density at radius 3 is 3.00 bits per heavy atom. The summed E-state index contributed by atoms with van der Waals surface area (Å²) >= 11 is 0. The minimum Gasteiger partial charge on any atom is -0.543 e. The van der Waals surface area contributed by atoms with Crippen LogP contribution in [0.15, 0.2) is 0 Å². The molecule has 0 aromatic rings. The van der Waals surface area contributed by atoms with E-state index in [2.05, 4.69) is 0 Å². The van der Waals surface area contributed by atoms with E-state index in [0.29, 0.717) is 18.2 Å². The van der Waals surface area contributed by atoms with Gasteiger partial charge in [0.2, 0.25) is 6.17 Å². The van der Waals surface area contributed by atoms with Crippen LogP contribution in [0.5, 0.6) is 0 Å². The second-order valence-electron chi connectivity index (χ2n) is 2.85. The number of aliphatic carboxylic acids is 1. The van der Waals surface area contributed by atoms with E-state index in [1.54, 1.807) is 11.9 Å². The van der Waals surface area contributed by atoms with Crippen molar-refractivity contribution in [1.29, 1.82) is 0 Å². The minimum absolute atomic E-state index is 0.521. The molecule has 0 aromatic carbocycles. The van der Waals surface area contributed by atoms with E-state index in [-0.39, 0.29) is 0 Å². The zero-order valence-corrected chi connectivity index (χ0v) is 7.37. The van der Waals surface area contributed by atoms with Gasteiger partial charge in [0.05, 0.1) is 6.54 Å². The summed E-state index contributed by atoms with van der Waals surface area (Å²) < 4.78 is 0. The lowest BCUT2D eigenvalue weighted by Crippen LogP contribution is -3.15. The van der Waals surface area contributed by atoms with Gasteiger partial charge in [-0.15, -0.1) is 0 Å². The largest absolute Gasteiger partial charge is 0.543 e. The van der Waals surface area contributed by atoms with Crippen LogP contribution in [0.3, 0.4) is 0 Å². The summed E-state index contributed by atoms with van der Waals surface area (Å²) in [6.45, 7) is 3.79. The number of carboxylic acids is 1. The van der Waals surface area contributed by atoms with Crippen LogP contribution in [0.1, 0.15) is 6.92 Å². The topological polar surface area (TPSA) is 57.0 Å². The van der Waals surface area contributed by atoms with Crippen LogP contribution in [0, 0.1) is 0 Å². The van der Waals surface area contributed by atoms with E-state index >= 15 is 0 Å². The van der Waals surface area contributed by atoms with Crippen molar-refractivity contribution in [1.82, 2.24) is 4.90 Å². The predicted octanol–water partition coefficient (Wildman–Crippen LogP) is -3.16. The first-order valence-electron chi connectivity index (χ1n) is 4.06. The van der Waals surface area contributed by atoms with Gasteiger partial charge < -0.3 is 9.90 Å². The molecule has 0 amide bonds. The number of hydrogen-bond acceptors (Lipinski definition) is 4. The first-order chi connectivity index (χ1) is 5.66. The van der Waals surface area contributed by atoms with Gasteiger partial charge in [0.15, 0.2) is 0 Å². The molecule has 0 aliphatic carbocycles. The molecular weight excluding hydrogens is 160 g/mol. The van der Waals surface area contributed by atoms with Gasteiger partial charge in [-0.3, -0.25) is 0 Å². The summed E-state index contributed by atoms with van der Waals surface area (Å²) in [6, 6.07) is 0.